The van der Waals surface area contributed by atoms with Crippen molar-refractivity contribution < 1.29 is 4.79 Å². The van der Waals surface area contributed by atoms with Crippen LogP contribution in [0.2, 0.25) is 0 Å². The maximum Gasteiger partial charge on any atom is 0.318 e. The van der Waals surface area contributed by atoms with Gasteiger partial charge in [0.1, 0.15) is 6.33 Å². The first-order valence-electron chi connectivity index (χ1n) is 7.29. The Bertz CT molecular complexity index is 692. The molecule has 0 bridgehead atoms. The van der Waals surface area contributed by atoms with Crippen LogP contribution in [0.15, 0.2) is 42.7 Å². The highest BCUT2D eigenvalue weighted by Gasteiger charge is 2.23. The molecule has 1 aliphatic heterocycles. The maximum atomic E-state index is 12.4. The molecule has 6 nitrogen and oxygen atoms in total. The minimum absolute atomic E-state index is 0.0855. The van der Waals surface area contributed by atoms with Crippen LogP contribution in [0, 0.1) is 0 Å². The van der Waals surface area contributed by atoms with Crippen LogP contribution in [-0.4, -0.2) is 38.8 Å². The Balaban J connectivity index is 1.60. The van der Waals surface area contributed by atoms with E-state index in [1.165, 1.54) is 11.1 Å². The van der Waals surface area contributed by atoms with E-state index in [0.717, 1.165) is 5.82 Å². The summed E-state index contributed by atoms with van der Waals surface area (Å²) in [4.78, 5) is 14.2. The quantitative estimate of drug-likeness (QED) is 0.942. The highest BCUT2D eigenvalue weighted by Crippen LogP contribution is 2.21. The lowest BCUT2D eigenvalue weighted by molar-refractivity contribution is 0.207. The van der Waals surface area contributed by atoms with Gasteiger partial charge in [-0.2, -0.15) is 0 Å². The number of carbonyl (C=O) groups is 1. The molecule has 1 N–H and O–H groups in total. The van der Waals surface area contributed by atoms with Crippen molar-refractivity contribution in [3.63, 3.8) is 0 Å². The second-order valence-electron chi connectivity index (χ2n) is 5.45. The smallest absolute Gasteiger partial charge is 0.318 e. The third-order valence-corrected chi connectivity index (χ3v) is 3.82. The number of urea groups is 1. The number of aryl methyl sites for hydroxylation is 1. The lowest BCUT2D eigenvalue weighted by Crippen LogP contribution is -2.40. The van der Waals surface area contributed by atoms with E-state index in [9.17, 15) is 4.79 Å². The third-order valence-electron chi connectivity index (χ3n) is 3.82. The molecule has 0 saturated heterocycles. The van der Waals surface area contributed by atoms with Crippen molar-refractivity contribution in [2.45, 2.75) is 13.0 Å². The van der Waals surface area contributed by atoms with Crippen molar-refractivity contribution in [3.8, 4) is 0 Å². The molecule has 2 aromatic rings. The molecule has 1 aromatic carbocycles. The summed E-state index contributed by atoms with van der Waals surface area (Å²) in [6, 6.07) is 9.87. The van der Waals surface area contributed by atoms with Gasteiger partial charge in [-0.05, 0) is 18.1 Å². The van der Waals surface area contributed by atoms with Gasteiger partial charge in [-0.3, -0.25) is 0 Å². The van der Waals surface area contributed by atoms with Crippen molar-refractivity contribution in [2.24, 2.45) is 7.05 Å². The molecule has 6 heteroatoms. The van der Waals surface area contributed by atoms with Crippen LogP contribution < -0.4 is 5.32 Å². The number of nitrogens with one attached hydrogen (secondary N) is 1. The molecular formula is C16H19N5O. The third kappa shape index (κ3) is 2.86. The highest BCUT2D eigenvalue weighted by atomic mass is 16.2. The Kier molecular flexibility index (Phi) is 3.91. The minimum Gasteiger partial charge on any atom is -0.328 e. The predicted octanol–water partition coefficient (Wildman–Crippen LogP) is 1.98. The van der Waals surface area contributed by atoms with Gasteiger partial charge < -0.3 is 14.8 Å². The molecular weight excluding hydrogens is 278 g/mol. The van der Waals surface area contributed by atoms with Gasteiger partial charge in [0.15, 0.2) is 5.82 Å². The zero-order valence-electron chi connectivity index (χ0n) is 12.7. The van der Waals surface area contributed by atoms with Gasteiger partial charge >= 0.3 is 6.03 Å². The van der Waals surface area contributed by atoms with E-state index in [0.29, 0.717) is 13.1 Å². The summed E-state index contributed by atoms with van der Waals surface area (Å²) in [5.74, 6) is 0.740. The van der Waals surface area contributed by atoms with Crippen molar-refractivity contribution in [2.75, 3.05) is 13.1 Å². The van der Waals surface area contributed by atoms with Gasteiger partial charge in [-0.1, -0.05) is 36.4 Å². The topological polar surface area (TPSA) is 63.1 Å². The molecule has 2 amide bonds. The van der Waals surface area contributed by atoms with Crippen molar-refractivity contribution >= 4 is 11.6 Å². The van der Waals surface area contributed by atoms with Crippen LogP contribution in [0.1, 0.15) is 24.4 Å². The zero-order valence-corrected chi connectivity index (χ0v) is 12.7. The van der Waals surface area contributed by atoms with E-state index in [-0.39, 0.29) is 12.1 Å². The van der Waals surface area contributed by atoms with Crippen molar-refractivity contribution in [1.82, 2.24) is 25.0 Å². The molecule has 0 unspecified atom stereocenters. The van der Waals surface area contributed by atoms with E-state index in [2.05, 4.69) is 33.7 Å². The fraction of sp³-hybridized carbons (Fsp3) is 0.312. The molecule has 22 heavy (non-hydrogen) atoms. The van der Waals surface area contributed by atoms with Crippen molar-refractivity contribution in [3.05, 3.63) is 54.1 Å². The molecule has 0 aliphatic carbocycles. The summed E-state index contributed by atoms with van der Waals surface area (Å²) in [5, 5.41) is 10.8. The number of benzene rings is 1. The largest absolute Gasteiger partial charge is 0.328 e. The first-order valence-corrected chi connectivity index (χ1v) is 7.29. The Morgan fingerprint density at radius 1 is 1.32 bits per heavy atom. The monoisotopic (exact) mass is 297 g/mol. The van der Waals surface area contributed by atoms with E-state index in [1.807, 2.05) is 36.7 Å². The molecule has 1 atom stereocenters. The van der Waals surface area contributed by atoms with Crippen LogP contribution in [0.4, 0.5) is 4.79 Å². The molecule has 0 spiro atoms. The van der Waals surface area contributed by atoms with Crippen LogP contribution in [-0.2, 0) is 7.05 Å². The van der Waals surface area contributed by atoms with Gasteiger partial charge in [-0.15, -0.1) is 10.2 Å². The Labute approximate surface area is 129 Å². The van der Waals surface area contributed by atoms with Gasteiger partial charge in [0.25, 0.3) is 0 Å². The lowest BCUT2D eigenvalue weighted by Gasteiger charge is -2.20. The molecule has 1 aromatic heterocycles. The number of carbonyl (C=O) groups excluding carboxylic acids is 1. The second kappa shape index (κ2) is 6.01. The molecule has 2 heterocycles. The fourth-order valence-corrected chi connectivity index (χ4v) is 2.60. The van der Waals surface area contributed by atoms with Crippen LogP contribution in [0.3, 0.4) is 0 Å². The average Bonchev–Trinajstić information content (AvgIpc) is 3.17. The highest BCUT2D eigenvalue weighted by molar-refractivity contribution is 5.80. The molecule has 0 saturated carbocycles. The van der Waals surface area contributed by atoms with E-state index >= 15 is 0 Å². The molecule has 3 rings (SSSR count). The second-order valence-corrected chi connectivity index (χ2v) is 5.45. The number of aromatic nitrogens is 3. The lowest BCUT2D eigenvalue weighted by atomic mass is 10.1. The number of hydrogen-bond donors (Lipinski definition) is 1. The average molecular weight is 297 g/mol. The van der Waals surface area contributed by atoms with Crippen molar-refractivity contribution in [1.29, 1.82) is 0 Å². The summed E-state index contributed by atoms with van der Waals surface area (Å²) >= 11 is 0. The molecule has 0 fully saturated rings. The van der Waals surface area contributed by atoms with Gasteiger partial charge in [-0.25, -0.2) is 4.79 Å². The van der Waals surface area contributed by atoms with Gasteiger partial charge in [0.05, 0.1) is 6.04 Å². The van der Waals surface area contributed by atoms with E-state index < -0.39 is 0 Å². The summed E-state index contributed by atoms with van der Waals surface area (Å²) < 4.78 is 1.81. The van der Waals surface area contributed by atoms with Crippen LogP contribution in [0.5, 0.6) is 0 Å². The Morgan fingerprint density at radius 2 is 2.09 bits per heavy atom. The first-order chi connectivity index (χ1) is 10.6. The Hall–Kier alpha value is -2.63. The molecule has 1 aliphatic rings. The number of nitrogens with zero attached hydrogens (tertiary/aromatic N) is 4. The molecule has 114 valence electrons. The summed E-state index contributed by atoms with van der Waals surface area (Å²) in [6.07, 6.45) is 3.73. The predicted molar refractivity (Wildman–Crippen MR) is 83.9 cm³/mol. The number of rotatable bonds is 3. The normalized spacial score (nSPS) is 15.5. The SMILES string of the molecule is C[C@@H](NC(=O)N1CC=C(c2ccccc2)C1)c1nncn1C. The van der Waals surface area contributed by atoms with Gasteiger partial charge in [0, 0.05) is 20.1 Å². The summed E-state index contributed by atoms with van der Waals surface area (Å²) in [5.41, 5.74) is 2.35. The fourth-order valence-electron chi connectivity index (χ4n) is 2.60. The van der Waals surface area contributed by atoms with Gasteiger partial charge in [0.2, 0.25) is 0 Å². The first kappa shape index (κ1) is 14.3. The maximum absolute atomic E-state index is 12.4. The zero-order chi connectivity index (χ0) is 15.5. The number of amides is 2. The summed E-state index contributed by atoms with van der Waals surface area (Å²) in [6.45, 7) is 3.16. The summed E-state index contributed by atoms with van der Waals surface area (Å²) in [7, 11) is 1.86. The van der Waals surface area contributed by atoms with Crippen LogP contribution in [0.25, 0.3) is 5.57 Å². The minimum atomic E-state index is -0.180. The van der Waals surface area contributed by atoms with E-state index in [1.54, 1.807) is 11.2 Å². The van der Waals surface area contributed by atoms with E-state index in [4.69, 9.17) is 0 Å². The standard InChI is InChI=1S/C16H19N5O/c1-12(15-19-17-11-20(15)2)18-16(22)21-9-8-14(10-21)13-6-4-3-5-7-13/h3-8,11-12H,9-10H2,1-2H3,(H,18,22)/t12-/m1/s1. The Morgan fingerprint density at radius 3 is 2.77 bits per heavy atom. The molecule has 0 radical (unpaired) electrons. The number of hydrogen-bond acceptors (Lipinski definition) is 3. The van der Waals surface area contributed by atoms with Crippen LogP contribution >= 0.6 is 0 Å².